The molecule has 0 saturated heterocycles. The molecule has 0 aliphatic rings. The van der Waals surface area contributed by atoms with Gasteiger partial charge in [-0.25, -0.2) is 0 Å². The molecule has 1 aromatic carbocycles. The van der Waals surface area contributed by atoms with E-state index in [0.717, 1.165) is 19.4 Å². The molecule has 3 nitrogen and oxygen atoms in total. The number of hydrogen-bond acceptors (Lipinski definition) is 3. The number of aryl methyl sites for hydroxylation is 1. The Balaban J connectivity index is 0.000000437. The third-order valence-electron chi connectivity index (χ3n) is 2.28. The Hall–Kier alpha value is -1.35. The summed E-state index contributed by atoms with van der Waals surface area (Å²) in [6.45, 7) is 4.35. The Bertz CT molecular complexity index is 321. The maximum atomic E-state index is 9.59. The van der Waals surface area contributed by atoms with Crippen LogP contribution >= 0.6 is 0 Å². The van der Waals surface area contributed by atoms with Crippen molar-refractivity contribution in [1.82, 2.24) is 0 Å². The molecule has 0 saturated carbocycles. The Labute approximate surface area is 104 Å². The average Bonchev–Trinajstić information content (AvgIpc) is 2.37. The van der Waals surface area contributed by atoms with Crippen molar-refractivity contribution in [2.24, 2.45) is 0 Å². The first kappa shape index (κ1) is 15.7. The summed E-state index contributed by atoms with van der Waals surface area (Å²) in [4.78, 5) is 9.59. The summed E-state index contributed by atoms with van der Waals surface area (Å²) in [6.07, 6.45) is 2.13. The molecule has 0 aliphatic heterocycles. The van der Waals surface area contributed by atoms with E-state index in [1.807, 2.05) is 0 Å². The number of benzene rings is 1. The van der Waals surface area contributed by atoms with Crippen molar-refractivity contribution in [2.75, 3.05) is 20.8 Å². The van der Waals surface area contributed by atoms with Gasteiger partial charge in [0.25, 0.3) is 0 Å². The Kier molecular flexibility index (Phi) is 9.06. The van der Waals surface area contributed by atoms with Crippen LogP contribution in [0.3, 0.4) is 0 Å². The van der Waals surface area contributed by atoms with Crippen LogP contribution in [-0.4, -0.2) is 26.8 Å². The molecule has 0 fully saturated rings. The summed E-state index contributed by atoms with van der Waals surface area (Å²) in [5.41, 5.74) is 2.78. The van der Waals surface area contributed by atoms with Crippen LogP contribution in [0.25, 0.3) is 0 Å². The van der Waals surface area contributed by atoms with Crippen molar-refractivity contribution < 1.29 is 14.3 Å². The summed E-state index contributed by atoms with van der Waals surface area (Å²) in [6, 6.07) is 8.68. The minimum Gasteiger partial charge on any atom is -0.469 e. The fourth-order valence-corrected chi connectivity index (χ4v) is 1.22. The highest BCUT2D eigenvalue weighted by molar-refractivity contribution is 5.65. The molecular weight excluding hydrogens is 216 g/mol. The van der Waals surface area contributed by atoms with E-state index >= 15 is 0 Å². The van der Waals surface area contributed by atoms with Gasteiger partial charge in [-0.2, -0.15) is 0 Å². The van der Waals surface area contributed by atoms with E-state index in [9.17, 15) is 4.79 Å². The van der Waals surface area contributed by atoms with E-state index in [1.54, 1.807) is 7.11 Å². The summed E-state index contributed by atoms with van der Waals surface area (Å²) in [5, 5.41) is 0. The van der Waals surface area contributed by atoms with Gasteiger partial charge in [-0.05, 0) is 24.0 Å². The smallest absolute Gasteiger partial charge is 0.302 e. The van der Waals surface area contributed by atoms with E-state index in [-0.39, 0.29) is 5.97 Å². The van der Waals surface area contributed by atoms with Gasteiger partial charge < -0.3 is 9.47 Å². The second kappa shape index (κ2) is 9.85. The third kappa shape index (κ3) is 8.46. The molecule has 0 bridgehead atoms. The number of esters is 1. The van der Waals surface area contributed by atoms with Crippen LogP contribution in [-0.2, 0) is 27.1 Å². The summed E-state index contributed by atoms with van der Waals surface area (Å²) in [7, 11) is 3.09. The summed E-state index contributed by atoms with van der Waals surface area (Å²) < 4.78 is 9.13. The minimum atomic E-state index is -0.245. The summed E-state index contributed by atoms with van der Waals surface area (Å²) in [5.74, 6) is -0.245. The topological polar surface area (TPSA) is 35.5 Å². The first-order chi connectivity index (χ1) is 8.13. The first-order valence-electron chi connectivity index (χ1n) is 5.75. The number of carbonyl (C=O) groups is 1. The fraction of sp³-hybridized carbons (Fsp3) is 0.500. The van der Waals surface area contributed by atoms with Crippen LogP contribution in [0.1, 0.15) is 25.0 Å². The van der Waals surface area contributed by atoms with E-state index in [2.05, 4.69) is 35.9 Å². The van der Waals surface area contributed by atoms with E-state index in [1.165, 1.54) is 25.2 Å². The van der Waals surface area contributed by atoms with Crippen molar-refractivity contribution in [3.8, 4) is 0 Å². The summed E-state index contributed by atoms with van der Waals surface area (Å²) >= 11 is 0. The number of hydrogen-bond donors (Lipinski definition) is 0. The van der Waals surface area contributed by atoms with Gasteiger partial charge in [0.2, 0.25) is 0 Å². The predicted molar refractivity (Wildman–Crippen MR) is 69.1 cm³/mol. The predicted octanol–water partition coefficient (Wildman–Crippen LogP) is 2.62. The molecule has 0 spiro atoms. The van der Waals surface area contributed by atoms with Gasteiger partial charge in [0, 0.05) is 14.0 Å². The maximum absolute atomic E-state index is 9.59. The van der Waals surface area contributed by atoms with Crippen LogP contribution in [0.2, 0.25) is 0 Å². The normalized spacial score (nSPS) is 9.18. The van der Waals surface area contributed by atoms with Crippen molar-refractivity contribution in [1.29, 1.82) is 0 Å². The van der Waals surface area contributed by atoms with Gasteiger partial charge in [0.1, 0.15) is 0 Å². The molecule has 0 amide bonds. The number of rotatable bonds is 4. The molecule has 0 aliphatic carbocycles. The van der Waals surface area contributed by atoms with Crippen LogP contribution in [0.5, 0.6) is 0 Å². The largest absolute Gasteiger partial charge is 0.469 e. The van der Waals surface area contributed by atoms with Crippen molar-refractivity contribution >= 4 is 5.97 Å². The van der Waals surface area contributed by atoms with Gasteiger partial charge in [0.05, 0.1) is 13.7 Å². The molecule has 1 rings (SSSR count). The second-order valence-electron chi connectivity index (χ2n) is 3.61. The third-order valence-corrected chi connectivity index (χ3v) is 2.28. The highest BCUT2D eigenvalue weighted by atomic mass is 16.5. The van der Waals surface area contributed by atoms with Crippen LogP contribution < -0.4 is 0 Å². The van der Waals surface area contributed by atoms with Crippen LogP contribution in [0, 0.1) is 0 Å². The highest BCUT2D eigenvalue weighted by Gasteiger charge is 1.93. The molecule has 0 unspecified atom stereocenters. The number of carbonyl (C=O) groups excluding carboxylic acids is 1. The number of ether oxygens (including phenoxy) is 2. The van der Waals surface area contributed by atoms with Gasteiger partial charge in [-0.3, -0.25) is 4.79 Å². The van der Waals surface area contributed by atoms with Gasteiger partial charge in [-0.15, -0.1) is 0 Å². The Morgan fingerprint density at radius 1 is 1.24 bits per heavy atom. The van der Waals surface area contributed by atoms with E-state index < -0.39 is 0 Å². The lowest BCUT2D eigenvalue weighted by molar-refractivity contribution is -0.137. The van der Waals surface area contributed by atoms with Gasteiger partial charge in [-0.1, -0.05) is 31.2 Å². The molecular formula is C14H22O3. The zero-order chi connectivity index (χ0) is 13.1. The molecule has 96 valence electrons. The molecule has 0 radical (unpaired) electrons. The van der Waals surface area contributed by atoms with E-state index in [0.29, 0.717) is 0 Å². The lowest BCUT2D eigenvalue weighted by Crippen LogP contribution is -1.94. The maximum Gasteiger partial charge on any atom is 0.302 e. The van der Waals surface area contributed by atoms with Gasteiger partial charge >= 0.3 is 5.97 Å². The van der Waals surface area contributed by atoms with Crippen LogP contribution in [0.15, 0.2) is 24.3 Å². The highest BCUT2D eigenvalue weighted by Crippen LogP contribution is 2.06. The van der Waals surface area contributed by atoms with Crippen molar-refractivity contribution in [3.63, 3.8) is 0 Å². The lowest BCUT2D eigenvalue weighted by atomic mass is 10.1. The Morgan fingerprint density at radius 3 is 2.29 bits per heavy atom. The van der Waals surface area contributed by atoms with Crippen LogP contribution in [0.4, 0.5) is 0 Å². The van der Waals surface area contributed by atoms with Crippen molar-refractivity contribution in [2.45, 2.75) is 26.7 Å². The SMILES string of the molecule is CCc1cccc(CCOC)c1.COC(C)=O. The number of methoxy groups -OCH3 is 2. The zero-order valence-electron chi connectivity index (χ0n) is 11.2. The first-order valence-corrected chi connectivity index (χ1v) is 5.75. The monoisotopic (exact) mass is 238 g/mol. The quantitative estimate of drug-likeness (QED) is 0.756. The fourth-order valence-electron chi connectivity index (χ4n) is 1.22. The minimum absolute atomic E-state index is 0.245. The molecule has 3 heteroatoms. The molecule has 0 atom stereocenters. The zero-order valence-corrected chi connectivity index (χ0v) is 11.2. The molecule has 1 aromatic rings. The van der Waals surface area contributed by atoms with E-state index in [4.69, 9.17) is 4.74 Å². The molecule has 0 aromatic heterocycles. The molecule has 0 N–H and O–H groups in total. The van der Waals surface area contributed by atoms with Crippen molar-refractivity contribution in [3.05, 3.63) is 35.4 Å². The standard InChI is InChI=1S/C11H16O.C3H6O2/c1-3-10-5-4-6-11(9-10)7-8-12-2;1-3(4)5-2/h4-6,9H,3,7-8H2,1-2H3;1-2H3. The van der Waals surface area contributed by atoms with Gasteiger partial charge in [0.15, 0.2) is 0 Å². The lowest BCUT2D eigenvalue weighted by Gasteiger charge is -2.02. The Morgan fingerprint density at radius 2 is 1.82 bits per heavy atom. The second-order valence-corrected chi connectivity index (χ2v) is 3.61. The molecule has 17 heavy (non-hydrogen) atoms. The molecule has 0 heterocycles. The average molecular weight is 238 g/mol.